The zero-order valence-corrected chi connectivity index (χ0v) is 10.4. The zero-order chi connectivity index (χ0) is 13.1. The molecule has 1 aromatic carbocycles. The number of carbonyl (C=O) groups excluding carboxylic acids is 1. The lowest BCUT2D eigenvalue weighted by atomic mass is 9.96. The third kappa shape index (κ3) is 3.49. The number of nitrogens with one attached hydrogen (secondary N) is 1. The third-order valence-electron chi connectivity index (χ3n) is 2.53. The Morgan fingerprint density at radius 3 is 2.71 bits per heavy atom. The predicted octanol–water partition coefficient (Wildman–Crippen LogP) is 1.86. The number of carbonyl (C=O) groups is 1. The molecule has 0 bridgehead atoms. The number of nitriles is 1. The first kappa shape index (κ1) is 13.0. The van der Waals surface area contributed by atoms with E-state index in [1.807, 2.05) is 6.92 Å². The number of hydrogen-bond acceptors (Lipinski definition) is 3. The van der Waals surface area contributed by atoms with Crippen molar-refractivity contribution < 1.29 is 4.79 Å². The normalized spacial score (nSPS) is 10.7. The molecule has 0 spiro atoms. The van der Waals surface area contributed by atoms with Crippen LogP contribution in [0.5, 0.6) is 0 Å². The maximum absolute atomic E-state index is 11.8. The number of rotatable bonds is 3. The van der Waals surface area contributed by atoms with E-state index in [1.54, 1.807) is 32.0 Å². The first-order valence-corrected chi connectivity index (χ1v) is 5.41. The van der Waals surface area contributed by atoms with Crippen molar-refractivity contribution in [2.45, 2.75) is 20.8 Å². The van der Waals surface area contributed by atoms with Crippen LogP contribution in [0.3, 0.4) is 0 Å². The minimum Gasteiger partial charge on any atom is -0.398 e. The van der Waals surface area contributed by atoms with Crippen LogP contribution in [0.2, 0.25) is 0 Å². The molecule has 0 unspecified atom stereocenters. The maximum atomic E-state index is 11.8. The molecule has 0 atom stereocenters. The summed E-state index contributed by atoms with van der Waals surface area (Å²) in [6, 6.07) is 7.30. The molecular weight excluding hydrogens is 214 g/mol. The van der Waals surface area contributed by atoms with Gasteiger partial charge in [0.1, 0.15) is 0 Å². The summed E-state index contributed by atoms with van der Waals surface area (Å²) in [4.78, 5) is 11.8. The van der Waals surface area contributed by atoms with Crippen molar-refractivity contribution in [2.75, 3.05) is 12.3 Å². The van der Waals surface area contributed by atoms with E-state index < -0.39 is 5.41 Å². The lowest BCUT2D eigenvalue weighted by Gasteiger charge is -2.16. The Bertz CT molecular complexity index is 472. The van der Waals surface area contributed by atoms with Gasteiger partial charge in [0.2, 0.25) is 0 Å². The average molecular weight is 231 g/mol. The predicted molar refractivity (Wildman–Crippen MR) is 67.3 cm³/mol. The topological polar surface area (TPSA) is 78.9 Å². The van der Waals surface area contributed by atoms with E-state index in [4.69, 9.17) is 11.0 Å². The summed E-state index contributed by atoms with van der Waals surface area (Å²) in [6.07, 6.45) is 0. The Hall–Kier alpha value is -2.02. The number of amides is 1. The molecule has 4 nitrogen and oxygen atoms in total. The highest BCUT2D eigenvalue weighted by atomic mass is 16.1. The van der Waals surface area contributed by atoms with Crippen LogP contribution >= 0.6 is 0 Å². The smallest absolute Gasteiger partial charge is 0.251 e. The van der Waals surface area contributed by atoms with E-state index in [-0.39, 0.29) is 5.91 Å². The molecule has 4 heteroatoms. The quantitative estimate of drug-likeness (QED) is 0.779. The number of aryl methyl sites for hydroxylation is 1. The SMILES string of the molecule is Cc1ccc(C(=O)NCC(C)(C)C#N)cc1N. The lowest BCUT2D eigenvalue weighted by Crippen LogP contribution is -2.33. The van der Waals surface area contributed by atoms with Gasteiger partial charge in [-0.2, -0.15) is 5.26 Å². The first-order chi connectivity index (χ1) is 7.85. The van der Waals surface area contributed by atoms with Crippen LogP contribution in [0.4, 0.5) is 5.69 Å². The number of nitrogens with zero attached hydrogens (tertiary/aromatic N) is 1. The number of nitrogen functional groups attached to an aromatic ring is 1. The van der Waals surface area contributed by atoms with E-state index in [0.29, 0.717) is 17.8 Å². The molecule has 0 aliphatic rings. The Labute approximate surface area is 101 Å². The van der Waals surface area contributed by atoms with Gasteiger partial charge >= 0.3 is 0 Å². The summed E-state index contributed by atoms with van der Waals surface area (Å²) in [7, 11) is 0. The second kappa shape index (κ2) is 4.88. The highest BCUT2D eigenvalue weighted by molar-refractivity contribution is 5.95. The van der Waals surface area contributed by atoms with Gasteiger partial charge in [-0.3, -0.25) is 4.79 Å². The molecule has 0 saturated carbocycles. The van der Waals surface area contributed by atoms with Gasteiger partial charge in [0.05, 0.1) is 11.5 Å². The summed E-state index contributed by atoms with van der Waals surface area (Å²) < 4.78 is 0. The molecule has 0 aliphatic carbocycles. The van der Waals surface area contributed by atoms with Crippen molar-refractivity contribution in [1.29, 1.82) is 5.26 Å². The van der Waals surface area contributed by atoms with Crippen molar-refractivity contribution in [3.8, 4) is 6.07 Å². The number of hydrogen-bond donors (Lipinski definition) is 2. The first-order valence-electron chi connectivity index (χ1n) is 5.41. The lowest BCUT2D eigenvalue weighted by molar-refractivity contribution is 0.0944. The molecule has 17 heavy (non-hydrogen) atoms. The molecule has 1 aromatic rings. The van der Waals surface area contributed by atoms with Crippen LogP contribution in [0, 0.1) is 23.7 Å². The molecule has 0 radical (unpaired) electrons. The molecule has 0 aromatic heterocycles. The molecular formula is C13H17N3O. The minimum absolute atomic E-state index is 0.208. The number of benzene rings is 1. The Balaban J connectivity index is 2.72. The Morgan fingerprint density at radius 2 is 2.18 bits per heavy atom. The highest BCUT2D eigenvalue weighted by Gasteiger charge is 2.18. The molecule has 0 saturated heterocycles. The average Bonchev–Trinajstić information content (AvgIpc) is 2.30. The monoisotopic (exact) mass is 231 g/mol. The molecule has 3 N–H and O–H groups in total. The van der Waals surface area contributed by atoms with Crippen LogP contribution < -0.4 is 11.1 Å². The van der Waals surface area contributed by atoms with Gasteiger partial charge in [-0.1, -0.05) is 6.07 Å². The molecule has 1 amide bonds. The Kier molecular flexibility index (Phi) is 3.74. The van der Waals surface area contributed by atoms with Crippen LogP contribution in [0.25, 0.3) is 0 Å². The van der Waals surface area contributed by atoms with Crippen molar-refractivity contribution in [3.05, 3.63) is 29.3 Å². The Morgan fingerprint density at radius 1 is 1.53 bits per heavy atom. The van der Waals surface area contributed by atoms with Crippen molar-refractivity contribution >= 4 is 11.6 Å². The van der Waals surface area contributed by atoms with Crippen LogP contribution in [0.1, 0.15) is 29.8 Å². The molecule has 0 aliphatic heterocycles. The van der Waals surface area contributed by atoms with E-state index >= 15 is 0 Å². The van der Waals surface area contributed by atoms with Gasteiger partial charge in [-0.05, 0) is 38.5 Å². The van der Waals surface area contributed by atoms with Crippen molar-refractivity contribution in [2.24, 2.45) is 5.41 Å². The van der Waals surface area contributed by atoms with E-state index in [9.17, 15) is 4.79 Å². The van der Waals surface area contributed by atoms with Gasteiger partial charge in [-0.25, -0.2) is 0 Å². The van der Waals surface area contributed by atoms with E-state index in [0.717, 1.165) is 5.56 Å². The standard InChI is InChI=1S/C13H17N3O/c1-9-4-5-10(6-11(9)15)12(17)16-8-13(2,3)7-14/h4-6H,8,15H2,1-3H3,(H,16,17). The zero-order valence-electron chi connectivity index (χ0n) is 10.4. The second-order valence-corrected chi connectivity index (χ2v) is 4.75. The fourth-order valence-corrected chi connectivity index (χ4v) is 1.22. The van der Waals surface area contributed by atoms with Gasteiger partial charge in [0.15, 0.2) is 0 Å². The molecule has 0 heterocycles. The van der Waals surface area contributed by atoms with Crippen LogP contribution in [-0.4, -0.2) is 12.5 Å². The number of anilines is 1. The molecule has 0 fully saturated rings. The summed E-state index contributed by atoms with van der Waals surface area (Å²) in [5.74, 6) is -0.208. The van der Waals surface area contributed by atoms with Crippen LogP contribution in [-0.2, 0) is 0 Å². The molecule has 1 rings (SSSR count). The van der Waals surface area contributed by atoms with Gasteiger partial charge in [0.25, 0.3) is 5.91 Å². The summed E-state index contributed by atoms with van der Waals surface area (Å²) >= 11 is 0. The molecule has 90 valence electrons. The largest absolute Gasteiger partial charge is 0.398 e. The fraction of sp³-hybridized carbons (Fsp3) is 0.385. The third-order valence-corrected chi connectivity index (χ3v) is 2.53. The fourth-order valence-electron chi connectivity index (χ4n) is 1.22. The minimum atomic E-state index is -0.564. The maximum Gasteiger partial charge on any atom is 0.251 e. The summed E-state index contributed by atoms with van der Waals surface area (Å²) in [6.45, 7) is 5.75. The van der Waals surface area contributed by atoms with Crippen molar-refractivity contribution in [1.82, 2.24) is 5.32 Å². The van der Waals surface area contributed by atoms with E-state index in [1.165, 1.54) is 0 Å². The highest BCUT2D eigenvalue weighted by Crippen LogP contribution is 2.14. The summed E-state index contributed by atoms with van der Waals surface area (Å²) in [5.41, 5.74) is 7.22. The summed E-state index contributed by atoms with van der Waals surface area (Å²) in [5, 5.41) is 11.6. The van der Waals surface area contributed by atoms with Gasteiger partial charge in [0, 0.05) is 17.8 Å². The van der Waals surface area contributed by atoms with E-state index in [2.05, 4.69) is 11.4 Å². The number of nitrogens with two attached hydrogens (primary N) is 1. The van der Waals surface area contributed by atoms with Crippen molar-refractivity contribution in [3.63, 3.8) is 0 Å². The van der Waals surface area contributed by atoms with Gasteiger partial charge < -0.3 is 11.1 Å². The second-order valence-electron chi connectivity index (χ2n) is 4.75. The van der Waals surface area contributed by atoms with Crippen LogP contribution in [0.15, 0.2) is 18.2 Å². The van der Waals surface area contributed by atoms with Gasteiger partial charge in [-0.15, -0.1) is 0 Å².